The van der Waals surface area contributed by atoms with Gasteiger partial charge in [-0.15, -0.1) is 11.3 Å². The van der Waals surface area contributed by atoms with E-state index < -0.39 is 0 Å². The Labute approximate surface area is 225 Å². The van der Waals surface area contributed by atoms with Gasteiger partial charge in [-0.05, 0) is 29.3 Å². The summed E-state index contributed by atoms with van der Waals surface area (Å²) in [7, 11) is 0. The highest BCUT2D eigenvalue weighted by atomic mass is 35.5. The van der Waals surface area contributed by atoms with Gasteiger partial charge in [-0.25, -0.2) is 4.98 Å². The van der Waals surface area contributed by atoms with Crippen molar-refractivity contribution in [1.29, 1.82) is 0 Å². The molecular formula is C28H26Cl2N4OS. The molecule has 0 bridgehead atoms. The van der Waals surface area contributed by atoms with Crippen molar-refractivity contribution < 1.29 is 4.79 Å². The summed E-state index contributed by atoms with van der Waals surface area (Å²) in [4.78, 5) is 22.0. The van der Waals surface area contributed by atoms with Gasteiger partial charge in [0.25, 0.3) is 0 Å². The lowest BCUT2D eigenvalue weighted by molar-refractivity contribution is -0.117. The van der Waals surface area contributed by atoms with Gasteiger partial charge in [0.05, 0.1) is 23.3 Å². The molecule has 1 amide bonds. The van der Waals surface area contributed by atoms with Crippen LogP contribution in [0, 0.1) is 0 Å². The second-order valence-corrected chi connectivity index (χ2v) is 10.4. The first-order valence-corrected chi connectivity index (χ1v) is 13.5. The maximum atomic E-state index is 12.8. The number of nitrogens with one attached hydrogen (secondary N) is 1. The van der Waals surface area contributed by atoms with Crippen molar-refractivity contribution in [2.75, 3.05) is 38.0 Å². The fourth-order valence-electron chi connectivity index (χ4n) is 4.58. The largest absolute Gasteiger partial charge is 0.301 e. The Kier molecular flexibility index (Phi) is 7.99. The molecule has 5 nitrogen and oxygen atoms in total. The molecule has 0 unspecified atom stereocenters. The summed E-state index contributed by atoms with van der Waals surface area (Å²) in [6.07, 6.45) is 0. The molecule has 1 N–H and O–H groups in total. The van der Waals surface area contributed by atoms with Crippen molar-refractivity contribution in [3.63, 3.8) is 0 Å². The molecule has 0 atom stereocenters. The van der Waals surface area contributed by atoms with Crippen molar-refractivity contribution in [2.24, 2.45) is 0 Å². The Bertz CT molecular complexity index is 1270. The third kappa shape index (κ3) is 5.97. The van der Waals surface area contributed by atoms with E-state index in [0.29, 0.717) is 21.7 Å². The molecule has 1 fully saturated rings. The van der Waals surface area contributed by atoms with Crippen molar-refractivity contribution in [2.45, 2.75) is 6.04 Å². The maximum absolute atomic E-state index is 12.8. The number of hydrogen-bond donors (Lipinski definition) is 1. The Morgan fingerprint density at radius 3 is 2.17 bits per heavy atom. The number of amides is 1. The molecular weight excluding hydrogens is 511 g/mol. The van der Waals surface area contributed by atoms with Crippen LogP contribution >= 0.6 is 34.5 Å². The number of halogens is 2. The van der Waals surface area contributed by atoms with E-state index in [0.717, 1.165) is 37.4 Å². The summed E-state index contributed by atoms with van der Waals surface area (Å²) in [5.74, 6) is -0.0609. The first-order chi connectivity index (χ1) is 17.6. The van der Waals surface area contributed by atoms with Gasteiger partial charge in [0.2, 0.25) is 5.91 Å². The van der Waals surface area contributed by atoms with Crippen LogP contribution in [0.1, 0.15) is 17.2 Å². The first kappa shape index (κ1) is 24.9. The van der Waals surface area contributed by atoms with Gasteiger partial charge < -0.3 is 5.32 Å². The molecule has 1 aliphatic rings. The lowest BCUT2D eigenvalue weighted by Crippen LogP contribution is -2.49. The first-order valence-electron chi connectivity index (χ1n) is 11.8. The van der Waals surface area contributed by atoms with Crippen molar-refractivity contribution in [3.8, 4) is 11.3 Å². The number of hydrogen-bond acceptors (Lipinski definition) is 5. The summed E-state index contributed by atoms with van der Waals surface area (Å²) in [6.45, 7) is 3.77. The van der Waals surface area contributed by atoms with Crippen LogP contribution in [0.4, 0.5) is 5.13 Å². The zero-order valence-corrected chi connectivity index (χ0v) is 21.9. The normalized spacial score (nSPS) is 14.8. The quantitative estimate of drug-likeness (QED) is 0.294. The zero-order valence-electron chi connectivity index (χ0n) is 19.6. The summed E-state index contributed by atoms with van der Waals surface area (Å²) >= 11 is 13.7. The Morgan fingerprint density at radius 1 is 0.917 bits per heavy atom. The van der Waals surface area contributed by atoms with Gasteiger partial charge in [-0.1, -0.05) is 83.9 Å². The number of nitrogens with zero attached hydrogens (tertiary/aromatic N) is 3. The van der Waals surface area contributed by atoms with Crippen molar-refractivity contribution in [3.05, 3.63) is 105 Å². The maximum Gasteiger partial charge on any atom is 0.240 e. The molecule has 184 valence electrons. The minimum atomic E-state index is -0.0609. The van der Waals surface area contributed by atoms with Crippen LogP contribution in [0.15, 0.2) is 84.2 Å². The molecule has 36 heavy (non-hydrogen) atoms. The smallest absolute Gasteiger partial charge is 0.240 e. The number of thiazole rings is 1. The van der Waals surface area contributed by atoms with Gasteiger partial charge in [-0.3, -0.25) is 14.6 Å². The summed E-state index contributed by atoms with van der Waals surface area (Å²) in [5.41, 5.74) is 4.09. The molecule has 1 saturated heterocycles. The van der Waals surface area contributed by atoms with E-state index in [-0.39, 0.29) is 11.9 Å². The number of piperazine rings is 1. The van der Waals surface area contributed by atoms with Crippen LogP contribution in [-0.4, -0.2) is 53.4 Å². The minimum absolute atomic E-state index is 0.0609. The van der Waals surface area contributed by atoms with Crippen molar-refractivity contribution >= 4 is 45.6 Å². The standard InChI is InChI=1S/C28H26Cl2N4OS/c29-22-11-12-23(24(30)17-22)25-19-36-28(31-25)32-26(35)18-33-13-15-34(16-14-33)27(20-7-3-1-4-8-20)21-9-5-2-6-10-21/h1-12,17,19,27H,13-16,18H2,(H,31,32,35). The highest BCUT2D eigenvalue weighted by molar-refractivity contribution is 7.14. The van der Waals surface area contributed by atoms with Gasteiger partial charge in [0.1, 0.15) is 0 Å². The molecule has 0 spiro atoms. The molecule has 2 heterocycles. The minimum Gasteiger partial charge on any atom is -0.301 e. The fourth-order valence-corrected chi connectivity index (χ4v) is 5.81. The molecule has 3 aromatic carbocycles. The molecule has 0 aliphatic carbocycles. The van der Waals surface area contributed by atoms with Gasteiger partial charge in [-0.2, -0.15) is 0 Å². The lowest BCUT2D eigenvalue weighted by Gasteiger charge is -2.39. The molecule has 5 rings (SSSR count). The average molecular weight is 538 g/mol. The van der Waals surface area contributed by atoms with Gasteiger partial charge in [0.15, 0.2) is 5.13 Å². The average Bonchev–Trinajstić information content (AvgIpc) is 3.34. The second-order valence-electron chi connectivity index (χ2n) is 8.75. The highest BCUT2D eigenvalue weighted by Gasteiger charge is 2.27. The Morgan fingerprint density at radius 2 is 1.56 bits per heavy atom. The number of anilines is 1. The van der Waals surface area contributed by atoms with E-state index >= 15 is 0 Å². The zero-order chi connectivity index (χ0) is 24.9. The van der Waals surface area contributed by atoms with Crippen molar-refractivity contribution in [1.82, 2.24) is 14.8 Å². The fraction of sp³-hybridized carbons (Fsp3) is 0.214. The third-order valence-corrected chi connectivity index (χ3v) is 7.63. The second kappa shape index (κ2) is 11.5. The van der Waals surface area contributed by atoms with Crippen LogP contribution in [-0.2, 0) is 4.79 Å². The number of carbonyl (C=O) groups excluding carboxylic acids is 1. The van der Waals surface area contributed by atoms with E-state index in [1.807, 2.05) is 11.4 Å². The predicted octanol–water partition coefficient (Wildman–Crippen LogP) is 6.46. The summed E-state index contributed by atoms with van der Waals surface area (Å²) in [5, 5.41) is 6.50. The van der Waals surface area contributed by atoms with Crippen LogP contribution < -0.4 is 5.32 Å². The van der Waals surface area contributed by atoms with Crippen LogP contribution in [0.3, 0.4) is 0 Å². The lowest BCUT2D eigenvalue weighted by atomic mass is 9.96. The number of carbonyl (C=O) groups is 1. The van der Waals surface area contributed by atoms with E-state index in [4.69, 9.17) is 23.2 Å². The van der Waals surface area contributed by atoms with Crippen LogP contribution in [0.25, 0.3) is 11.3 Å². The molecule has 1 aromatic heterocycles. The molecule has 1 aliphatic heterocycles. The van der Waals surface area contributed by atoms with E-state index in [1.165, 1.54) is 22.5 Å². The SMILES string of the molecule is O=C(CN1CCN(C(c2ccccc2)c2ccccc2)CC1)Nc1nc(-c2ccc(Cl)cc2Cl)cs1. The summed E-state index contributed by atoms with van der Waals surface area (Å²) in [6, 6.07) is 26.8. The number of aromatic nitrogens is 1. The summed E-state index contributed by atoms with van der Waals surface area (Å²) < 4.78 is 0. The van der Waals surface area contributed by atoms with Gasteiger partial charge in [0, 0.05) is 42.1 Å². The molecule has 4 aromatic rings. The Balaban J connectivity index is 1.18. The molecule has 0 saturated carbocycles. The highest BCUT2D eigenvalue weighted by Crippen LogP contribution is 2.32. The van der Waals surface area contributed by atoms with Gasteiger partial charge >= 0.3 is 0 Å². The number of rotatable bonds is 7. The van der Waals surface area contributed by atoms with Crippen LogP contribution in [0.5, 0.6) is 0 Å². The topological polar surface area (TPSA) is 48.5 Å². The molecule has 8 heteroatoms. The van der Waals surface area contributed by atoms with E-state index in [1.54, 1.807) is 12.1 Å². The monoisotopic (exact) mass is 536 g/mol. The third-order valence-electron chi connectivity index (χ3n) is 6.33. The number of benzene rings is 3. The molecule has 0 radical (unpaired) electrons. The van der Waals surface area contributed by atoms with E-state index in [2.05, 4.69) is 80.8 Å². The van der Waals surface area contributed by atoms with Crippen LogP contribution in [0.2, 0.25) is 10.0 Å². The van der Waals surface area contributed by atoms with E-state index in [9.17, 15) is 4.79 Å². The predicted molar refractivity (Wildman–Crippen MR) is 149 cm³/mol. The Hall–Kier alpha value is -2.74.